The molecule has 1 amide bonds. The van der Waals surface area contributed by atoms with Gasteiger partial charge in [0.1, 0.15) is 9.84 Å². The number of carbonyl (C=O) groups excluding carboxylic acids is 1. The van der Waals surface area contributed by atoms with E-state index in [0.29, 0.717) is 19.3 Å². The van der Waals surface area contributed by atoms with Gasteiger partial charge in [-0.3, -0.25) is 4.79 Å². The maximum absolute atomic E-state index is 11.8. The molecule has 1 heterocycles. The Morgan fingerprint density at radius 3 is 2.12 bits per heavy atom. The van der Waals surface area contributed by atoms with Gasteiger partial charge in [0.15, 0.2) is 0 Å². The molecule has 1 fully saturated rings. The number of sulfone groups is 1. The van der Waals surface area contributed by atoms with Gasteiger partial charge in [-0.25, -0.2) is 8.42 Å². The summed E-state index contributed by atoms with van der Waals surface area (Å²) < 4.78 is 22.5. The van der Waals surface area contributed by atoms with Gasteiger partial charge in [-0.1, -0.05) is 0 Å². The molecule has 16 heavy (non-hydrogen) atoms. The van der Waals surface area contributed by atoms with Crippen LogP contribution in [-0.2, 0) is 14.6 Å². The topological polar surface area (TPSA) is 54.5 Å². The molecule has 94 valence electrons. The Morgan fingerprint density at radius 1 is 1.19 bits per heavy atom. The molecule has 0 saturated carbocycles. The summed E-state index contributed by atoms with van der Waals surface area (Å²) in [6.45, 7) is 5.40. The standard InChI is InChI=1S/C11H21NO3S/c1-3-12(4-2)11(13)9-10-5-7-16(14,15)8-6-10/h10H,3-9H2,1-2H3. The third-order valence-electron chi connectivity index (χ3n) is 3.25. The number of hydrogen-bond acceptors (Lipinski definition) is 3. The van der Waals surface area contributed by atoms with Gasteiger partial charge in [0.2, 0.25) is 5.91 Å². The van der Waals surface area contributed by atoms with Gasteiger partial charge >= 0.3 is 0 Å². The highest BCUT2D eigenvalue weighted by Crippen LogP contribution is 2.22. The molecular formula is C11H21NO3S. The number of carbonyl (C=O) groups is 1. The van der Waals surface area contributed by atoms with Gasteiger partial charge in [0.05, 0.1) is 11.5 Å². The van der Waals surface area contributed by atoms with E-state index in [1.165, 1.54) is 0 Å². The summed E-state index contributed by atoms with van der Waals surface area (Å²) in [4.78, 5) is 13.6. The zero-order valence-electron chi connectivity index (χ0n) is 10.1. The van der Waals surface area contributed by atoms with Crippen LogP contribution in [0, 0.1) is 5.92 Å². The summed E-state index contributed by atoms with van der Waals surface area (Å²) in [5, 5.41) is 0. The molecule has 5 heteroatoms. The second kappa shape index (κ2) is 5.66. The van der Waals surface area contributed by atoms with Crippen molar-refractivity contribution in [1.29, 1.82) is 0 Å². The van der Waals surface area contributed by atoms with Crippen molar-refractivity contribution in [1.82, 2.24) is 4.90 Å². The van der Waals surface area contributed by atoms with Gasteiger partial charge in [0.25, 0.3) is 0 Å². The molecule has 0 aromatic rings. The van der Waals surface area contributed by atoms with E-state index in [1.807, 2.05) is 18.7 Å². The first kappa shape index (κ1) is 13.5. The maximum Gasteiger partial charge on any atom is 0.222 e. The van der Waals surface area contributed by atoms with E-state index < -0.39 is 9.84 Å². The Balaban J connectivity index is 2.42. The summed E-state index contributed by atoms with van der Waals surface area (Å²) in [5.41, 5.74) is 0. The van der Waals surface area contributed by atoms with Crippen molar-refractivity contribution in [3.8, 4) is 0 Å². The Labute approximate surface area is 97.9 Å². The normalized spacial score (nSPS) is 20.6. The first-order valence-corrected chi connectivity index (χ1v) is 7.78. The molecular weight excluding hydrogens is 226 g/mol. The molecule has 0 aliphatic carbocycles. The fraction of sp³-hybridized carbons (Fsp3) is 0.909. The average molecular weight is 247 g/mol. The fourth-order valence-corrected chi connectivity index (χ4v) is 3.68. The van der Waals surface area contributed by atoms with E-state index >= 15 is 0 Å². The van der Waals surface area contributed by atoms with Gasteiger partial charge in [-0.05, 0) is 32.6 Å². The highest BCUT2D eigenvalue weighted by molar-refractivity contribution is 7.91. The lowest BCUT2D eigenvalue weighted by Gasteiger charge is -2.25. The minimum Gasteiger partial charge on any atom is -0.343 e. The first-order valence-electron chi connectivity index (χ1n) is 5.96. The van der Waals surface area contributed by atoms with Crippen LogP contribution in [-0.4, -0.2) is 43.8 Å². The van der Waals surface area contributed by atoms with Crippen molar-refractivity contribution in [3.63, 3.8) is 0 Å². The monoisotopic (exact) mass is 247 g/mol. The van der Waals surface area contributed by atoms with E-state index in [1.54, 1.807) is 0 Å². The number of amides is 1. The summed E-state index contributed by atoms with van der Waals surface area (Å²) in [6.07, 6.45) is 1.81. The largest absolute Gasteiger partial charge is 0.343 e. The lowest BCUT2D eigenvalue weighted by Crippen LogP contribution is -2.33. The Kier molecular flexibility index (Phi) is 4.77. The van der Waals surface area contributed by atoms with Gasteiger partial charge in [-0.2, -0.15) is 0 Å². The van der Waals surface area contributed by atoms with Gasteiger partial charge in [0, 0.05) is 19.5 Å². The molecule has 0 unspecified atom stereocenters. The maximum atomic E-state index is 11.8. The minimum atomic E-state index is -2.81. The molecule has 0 radical (unpaired) electrons. The molecule has 0 spiro atoms. The van der Waals surface area contributed by atoms with Crippen LogP contribution in [0.3, 0.4) is 0 Å². The fourth-order valence-electron chi connectivity index (χ4n) is 2.10. The highest BCUT2D eigenvalue weighted by Gasteiger charge is 2.26. The van der Waals surface area contributed by atoms with Gasteiger partial charge < -0.3 is 4.90 Å². The van der Waals surface area contributed by atoms with Gasteiger partial charge in [-0.15, -0.1) is 0 Å². The van der Waals surface area contributed by atoms with Crippen LogP contribution in [0.2, 0.25) is 0 Å². The predicted octanol–water partition coefficient (Wildman–Crippen LogP) is 1.07. The molecule has 0 bridgehead atoms. The lowest BCUT2D eigenvalue weighted by atomic mass is 9.98. The van der Waals surface area contributed by atoms with Crippen LogP contribution in [0.25, 0.3) is 0 Å². The average Bonchev–Trinajstić information content (AvgIpc) is 2.23. The molecule has 4 nitrogen and oxygen atoms in total. The second-order valence-corrected chi connectivity index (χ2v) is 6.67. The van der Waals surface area contributed by atoms with Crippen molar-refractivity contribution in [2.24, 2.45) is 5.92 Å². The lowest BCUT2D eigenvalue weighted by molar-refractivity contribution is -0.131. The van der Waals surface area contributed by atoms with Crippen molar-refractivity contribution in [3.05, 3.63) is 0 Å². The van der Waals surface area contributed by atoms with E-state index in [4.69, 9.17) is 0 Å². The Bertz CT molecular complexity index is 319. The molecule has 0 N–H and O–H groups in total. The minimum absolute atomic E-state index is 0.161. The third kappa shape index (κ3) is 3.77. The summed E-state index contributed by atoms with van der Waals surface area (Å²) in [6, 6.07) is 0. The van der Waals surface area contributed by atoms with Crippen LogP contribution in [0.5, 0.6) is 0 Å². The molecule has 1 saturated heterocycles. The Hall–Kier alpha value is -0.580. The van der Waals surface area contributed by atoms with Crippen molar-refractivity contribution in [2.75, 3.05) is 24.6 Å². The van der Waals surface area contributed by atoms with E-state index in [2.05, 4.69) is 0 Å². The molecule has 0 aromatic carbocycles. The highest BCUT2D eigenvalue weighted by atomic mass is 32.2. The van der Waals surface area contributed by atoms with E-state index in [-0.39, 0.29) is 23.3 Å². The van der Waals surface area contributed by atoms with Crippen LogP contribution in [0.4, 0.5) is 0 Å². The number of hydrogen-bond donors (Lipinski definition) is 0. The quantitative estimate of drug-likeness (QED) is 0.746. The molecule has 1 rings (SSSR count). The summed E-state index contributed by atoms with van der Waals surface area (Å²) in [5.74, 6) is 0.928. The molecule has 1 aliphatic rings. The first-order chi connectivity index (χ1) is 7.48. The van der Waals surface area contributed by atoms with E-state index in [0.717, 1.165) is 13.1 Å². The van der Waals surface area contributed by atoms with Crippen molar-refractivity contribution >= 4 is 15.7 Å². The molecule has 1 aliphatic heterocycles. The van der Waals surface area contributed by atoms with Crippen molar-refractivity contribution < 1.29 is 13.2 Å². The van der Waals surface area contributed by atoms with E-state index in [9.17, 15) is 13.2 Å². The number of rotatable bonds is 4. The van der Waals surface area contributed by atoms with Crippen LogP contribution >= 0.6 is 0 Å². The second-order valence-electron chi connectivity index (χ2n) is 4.37. The van der Waals surface area contributed by atoms with Crippen LogP contribution in [0.1, 0.15) is 33.1 Å². The van der Waals surface area contributed by atoms with Crippen LogP contribution in [0.15, 0.2) is 0 Å². The number of nitrogens with zero attached hydrogens (tertiary/aromatic N) is 1. The molecule has 0 aromatic heterocycles. The zero-order valence-corrected chi connectivity index (χ0v) is 10.9. The zero-order chi connectivity index (χ0) is 12.2. The van der Waals surface area contributed by atoms with Crippen molar-refractivity contribution in [2.45, 2.75) is 33.1 Å². The smallest absolute Gasteiger partial charge is 0.222 e. The third-order valence-corrected chi connectivity index (χ3v) is 4.97. The van der Waals surface area contributed by atoms with Crippen LogP contribution < -0.4 is 0 Å². The SMILES string of the molecule is CCN(CC)C(=O)CC1CCS(=O)(=O)CC1. The predicted molar refractivity (Wildman–Crippen MR) is 63.9 cm³/mol. The Morgan fingerprint density at radius 2 is 1.69 bits per heavy atom. The summed E-state index contributed by atoms with van der Waals surface area (Å²) in [7, 11) is -2.81. The summed E-state index contributed by atoms with van der Waals surface area (Å²) >= 11 is 0. The molecule has 0 atom stereocenters.